The first-order valence-corrected chi connectivity index (χ1v) is 7.07. The number of morpholine rings is 1. The summed E-state index contributed by atoms with van der Waals surface area (Å²) in [6.07, 6.45) is 1.72. The fraction of sp³-hybridized carbons (Fsp3) is 0.333. The summed E-state index contributed by atoms with van der Waals surface area (Å²) < 4.78 is 6.34. The fourth-order valence-electron chi connectivity index (χ4n) is 3.08. The van der Waals surface area contributed by atoms with Crippen LogP contribution in [0.2, 0.25) is 0 Å². The average molecular weight is 299 g/mol. The van der Waals surface area contributed by atoms with E-state index in [1.54, 1.807) is 24.3 Å². The van der Waals surface area contributed by atoms with E-state index in [2.05, 4.69) is 4.98 Å². The smallest absolute Gasteiger partial charge is 0.329 e. The SMILES string of the molecule is O=C1O[C@@H]2C[C@H]1N(C(=O)Cn1cnc3ccccc3c1=O)C2. The van der Waals surface area contributed by atoms with Gasteiger partial charge in [0.15, 0.2) is 0 Å². The molecule has 1 aromatic heterocycles. The first-order valence-electron chi connectivity index (χ1n) is 7.07. The van der Waals surface area contributed by atoms with E-state index in [0.717, 1.165) is 0 Å². The van der Waals surface area contributed by atoms with Gasteiger partial charge in [0, 0.05) is 6.42 Å². The van der Waals surface area contributed by atoms with Crippen molar-refractivity contribution in [2.45, 2.75) is 25.1 Å². The summed E-state index contributed by atoms with van der Waals surface area (Å²) in [4.78, 5) is 42.0. The molecular formula is C15H13N3O4. The van der Waals surface area contributed by atoms with E-state index in [1.807, 2.05) is 0 Å². The number of hydrogen-bond donors (Lipinski definition) is 0. The number of ether oxygens (including phenoxy) is 1. The Bertz CT molecular complexity index is 844. The predicted molar refractivity (Wildman–Crippen MR) is 76.0 cm³/mol. The van der Waals surface area contributed by atoms with Crippen molar-refractivity contribution < 1.29 is 14.3 Å². The molecule has 7 nitrogen and oxygen atoms in total. The van der Waals surface area contributed by atoms with Gasteiger partial charge in [-0.2, -0.15) is 0 Å². The van der Waals surface area contributed by atoms with E-state index in [1.165, 1.54) is 15.8 Å². The van der Waals surface area contributed by atoms with Crippen molar-refractivity contribution in [1.82, 2.24) is 14.5 Å². The molecule has 22 heavy (non-hydrogen) atoms. The predicted octanol–water partition coefficient (Wildman–Crippen LogP) is -0.0772. The van der Waals surface area contributed by atoms with E-state index < -0.39 is 6.04 Å². The molecule has 2 saturated heterocycles. The topological polar surface area (TPSA) is 81.5 Å². The maximum absolute atomic E-state index is 12.4. The van der Waals surface area contributed by atoms with Gasteiger partial charge in [-0.25, -0.2) is 9.78 Å². The van der Waals surface area contributed by atoms with Crippen molar-refractivity contribution in [1.29, 1.82) is 0 Å². The third kappa shape index (κ3) is 1.89. The standard InChI is InChI=1S/C15H13N3O4/c19-13(18-6-9-5-12(18)15(21)22-9)7-17-8-16-11-4-2-1-3-10(11)14(17)20/h1-4,8-9,12H,5-7H2/t9-,12-/m1/s1. The van der Waals surface area contributed by atoms with Crippen molar-refractivity contribution >= 4 is 22.8 Å². The van der Waals surface area contributed by atoms with Gasteiger partial charge < -0.3 is 9.64 Å². The zero-order chi connectivity index (χ0) is 15.3. The minimum atomic E-state index is -0.499. The Hall–Kier alpha value is -2.70. The van der Waals surface area contributed by atoms with Gasteiger partial charge in [-0.15, -0.1) is 0 Å². The zero-order valence-electron chi connectivity index (χ0n) is 11.6. The Morgan fingerprint density at radius 3 is 2.91 bits per heavy atom. The van der Waals surface area contributed by atoms with Crippen LogP contribution < -0.4 is 5.56 Å². The number of aromatic nitrogens is 2. The average Bonchev–Trinajstić information content (AvgIpc) is 3.09. The third-order valence-electron chi connectivity index (χ3n) is 4.18. The Kier molecular flexibility index (Phi) is 2.75. The number of carbonyl (C=O) groups is 2. The lowest BCUT2D eigenvalue weighted by Gasteiger charge is -2.25. The van der Waals surface area contributed by atoms with Crippen LogP contribution in [0.5, 0.6) is 0 Å². The number of para-hydroxylation sites is 1. The molecule has 0 saturated carbocycles. The molecule has 2 aromatic rings. The fourth-order valence-corrected chi connectivity index (χ4v) is 3.08. The molecule has 1 amide bonds. The molecule has 2 aliphatic rings. The molecule has 2 aliphatic heterocycles. The summed E-state index contributed by atoms with van der Waals surface area (Å²) in [5.74, 6) is -0.614. The first-order chi connectivity index (χ1) is 10.6. The molecule has 0 unspecified atom stereocenters. The van der Waals surface area contributed by atoms with Gasteiger partial charge in [-0.3, -0.25) is 14.2 Å². The summed E-state index contributed by atoms with van der Waals surface area (Å²) >= 11 is 0. The molecule has 0 radical (unpaired) electrons. The van der Waals surface area contributed by atoms with Crippen LogP contribution in [0.3, 0.4) is 0 Å². The van der Waals surface area contributed by atoms with E-state index in [0.29, 0.717) is 23.9 Å². The van der Waals surface area contributed by atoms with Crippen molar-refractivity contribution in [3.05, 3.63) is 40.9 Å². The molecule has 0 N–H and O–H groups in total. The number of benzene rings is 1. The van der Waals surface area contributed by atoms with Gasteiger partial charge in [0.05, 0.1) is 23.8 Å². The molecule has 1 aromatic carbocycles. The Balaban J connectivity index is 1.61. The number of rotatable bonds is 2. The van der Waals surface area contributed by atoms with Crippen molar-refractivity contribution in [2.75, 3.05) is 6.54 Å². The van der Waals surface area contributed by atoms with Crippen LogP contribution in [0.4, 0.5) is 0 Å². The van der Waals surface area contributed by atoms with E-state index >= 15 is 0 Å². The first kappa shape index (κ1) is 13.0. The van der Waals surface area contributed by atoms with Crippen LogP contribution in [0.15, 0.2) is 35.4 Å². The highest BCUT2D eigenvalue weighted by Gasteiger charge is 2.48. The van der Waals surface area contributed by atoms with Gasteiger partial charge in [0.2, 0.25) is 5.91 Å². The summed E-state index contributed by atoms with van der Waals surface area (Å²) in [7, 11) is 0. The lowest BCUT2D eigenvalue weighted by molar-refractivity contribution is -0.157. The summed E-state index contributed by atoms with van der Waals surface area (Å²) in [5, 5.41) is 0.472. The highest BCUT2D eigenvalue weighted by molar-refractivity contribution is 5.87. The number of fused-ring (bicyclic) bond motifs is 3. The number of nitrogens with zero attached hydrogens (tertiary/aromatic N) is 3. The largest absolute Gasteiger partial charge is 0.459 e. The van der Waals surface area contributed by atoms with Crippen molar-refractivity contribution in [3.63, 3.8) is 0 Å². The van der Waals surface area contributed by atoms with Gasteiger partial charge in [-0.05, 0) is 12.1 Å². The Labute approximate surface area is 125 Å². The lowest BCUT2D eigenvalue weighted by Crippen LogP contribution is -2.46. The second-order valence-electron chi connectivity index (χ2n) is 5.55. The molecule has 7 heteroatoms. The lowest BCUT2D eigenvalue weighted by atomic mass is 10.2. The molecule has 0 spiro atoms. The highest BCUT2D eigenvalue weighted by Crippen LogP contribution is 2.29. The molecule has 2 atom stereocenters. The van der Waals surface area contributed by atoms with Crippen LogP contribution in [0.25, 0.3) is 10.9 Å². The number of esters is 1. The summed E-state index contributed by atoms with van der Waals surface area (Å²) in [6.45, 7) is 0.290. The van der Waals surface area contributed by atoms with Crippen LogP contribution in [-0.2, 0) is 20.9 Å². The monoisotopic (exact) mass is 299 g/mol. The van der Waals surface area contributed by atoms with Crippen LogP contribution >= 0.6 is 0 Å². The number of carbonyl (C=O) groups excluding carboxylic acids is 2. The molecule has 0 aliphatic carbocycles. The van der Waals surface area contributed by atoms with Crippen molar-refractivity contribution in [3.8, 4) is 0 Å². The second-order valence-corrected chi connectivity index (χ2v) is 5.55. The number of likely N-dealkylation sites (tertiary alicyclic amines) is 1. The van der Waals surface area contributed by atoms with Crippen LogP contribution in [-0.4, -0.2) is 45.0 Å². The summed E-state index contributed by atoms with van der Waals surface area (Å²) in [5.41, 5.74) is 0.339. The zero-order valence-corrected chi connectivity index (χ0v) is 11.6. The minimum absolute atomic E-state index is 0.118. The maximum atomic E-state index is 12.4. The normalized spacial score (nSPS) is 23.1. The molecular weight excluding hydrogens is 286 g/mol. The minimum Gasteiger partial charge on any atom is -0.459 e. The maximum Gasteiger partial charge on any atom is 0.329 e. The van der Waals surface area contributed by atoms with Crippen LogP contribution in [0.1, 0.15) is 6.42 Å². The van der Waals surface area contributed by atoms with Gasteiger partial charge in [-0.1, -0.05) is 12.1 Å². The van der Waals surface area contributed by atoms with E-state index in [9.17, 15) is 14.4 Å². The number of amides is 1. The molecule has 2 fully saturated rings. The second kappa shape index (κ2) is 4.66. The third-order valence-corrected chi connectivity index (χ3v) is 4.18. The Morgan fingerprint density at radius 2 is 2.14 bits per heavy atom. The quantitative estimate of drug-likeness (QED) is 0.725. The molecule has 112 valence electrons. The van der Waals surface area contributed by atoms with Gasteiger partial charge in [0.25, 0.3) is 5.56 Å². The Morgan fingerprint density at radius 1 is 1.32 bits per heavy atom. The van der Waals surface area contributed by atoms with Crippen LogP contribution in [0, 0.1) is 0 Å². The van der Waals surface area contributed by atoms with Crippen molar-refractivity contribution in [2.24, 2.45) is 0 Å². The summed E-state index contributed by atoms with van der Waals surface area (Å²) in [6, 6.07) is 6.49. The van der Waals surface area contributed by atoms with Gasteiger partial charge in [0.1, 0.15) is 18.7 Å². The molecule has 2 bridgehead atoms. The van der Waals surface area contributed by atoms with Gasteiger partial charge >= 0.3 is 5.97 Å². The number of hydrogen-bond acceptors (Lipinski definition) is 5. The molecule has 4 rings (SSSR count). The molecule has 3 heterocycles. The highest BCUT2D eigenvalue weighted by atomic mass is 16.6. The van der Waals surface area contributed by atoms with E-state index in [-0.39, 0.29) is 30.1 Å². The van der Waals surface area contributed by atoms with E-state index in [4.69, 9.17) is 4.74 Å².